The van der Waals surface area contributed by atoms with Crippen molar-refractivity contribution in [2.75, 3.05) is 33.5 Å². The Labute approximate surface area is 105 Å². The number of aromatic nitrogens is 1. The topological polar surface area (TPSA) is 40.6 Å². The van der Waals surface area contributed by atoms with Crippen LogP contribution >= 0.6 is 11.6 Å². The van der Waals surface area contributed by atoms with E-state index in [1.165, 1.54) is 12.3 Å². The van der Waals surface area contributed by atoms with E-state index in [1.54, 1.807) is 7.11 Å². The second-order valence-corrected chi connectivity index (χ2v) is 3.68. The van der Waals surface area contributed by atoms with E-state index in [-0.39, 0.29) is 10.9 Å². The van der Waals surface area contributed by atoms with Gasteiger partial charge in [-0.3, -0.25) is 0 Å². The summed E-state index contributed by atoms with van der Waals surface area (Å²) in [5.74, 6) is -0.593. The lowest BCUT2D eigenvalue weighted by Crippen LogP contribution is -2.07. The molecule has 0 atom stereocenters. The summed E-state index contributed by atoms with van der Waals surface area (Å²) in [6, 6.07) is 1.17. The van der Waals surface area contributed by atoms with Gasteiger partial charge >= 0.3 is 0 Å². The van der Waals surface area contributed by atoms with Crippen molar-refractivity contribution in [1.29, 1.82) is 0 Å². The number of ether oxygens (including phenoxy) is 3. The summed E-state index contributed by atoms with van der Waals surface area (Å²) in [5.41, 5.74) is 0. The summed E-state index contributed by atoms with van der Waals surface area (Å²) >= 11 is 5.56. The molecule has 4 nitrogen and oxygen atoms in total. The third-order valence-electron chi connectivity index (χ3n) is 1.88. The molecule has 0 aromatic carbocycles. The second-order valence-electron chi connectivity index (χ2n) is 3.25. The van der Waals surface area contributed by atoms with Crippen LogP contribution < -0.4 is 4.74 Å². The van der Waals surface area contributed by atoms with Crippen LogP contribution in [0.1, 0.15) is 6.42 Å². The SMILES string of the molecule is COCCOCCCOc1ncc(Cl)cc1F. The van der Waals surface area contributed by atoms with Crippen LogP contribution in [0, 0.1) is 5.82 Å². The fraction of sp³-hybridized carbons (Fsp3) is 0.545. The maximum atomic E-state index is 13.2. The first-order chi connectivity index (χ1) is 8.24. The molecule has 0 aliphatic heterocycles. The highest BCUT2D eigenvalue weighted by Crippen LogP contribution is 2.17. The van der Waals surface area contributed by atoms with E-state index in [0.29, 0.717) is 32.8 Å². The van der Waals surface area contributed by atoms with Gasteiger partial charge in [0.25, 0.3) is 0 Å². The molecule has 17 heavy (non-hydrogen) atoms. The summed E-state index contributed by atoms with van der Waals surface area (Å²) in [5, 5.41) is 0.248. The van der Waals surface area contributed by atoms with Crippen LogP contribution in [0.2, 0.25) is 5.02 Å². The number of hydrogen-bond acceptors (Lipinski definition) is 4. The molecule has 1 aromatic heterocycles. The molecule has 1 rings (SSSR count). The minimum atomic E-state index is -0.558. The highest BCUT2D eigenvalue weighted by atomic mass is 35.5. The first kappa shape index (κ1) is 14.2. The molecule has 0 aliphatic carbocycles. The molecule has 6 heteroatoms. The summed E-state index contributed by atoms with van der Waals surface area (Å²) in [6.07, 6.45) is 2.00. The van der Waals surface area contributed by atoms with Gasteiger partial charge in [-0.05, 0) is 6.07 Å². The van der Waals surface area contributed by atoms with Gasteiger partial charge in [0.1, 0.15) is 0 Å². The lowest BCUT2D eigenvalue weighted by atomic mass is 10.4. The van der Waals surface area contributed by atoms with Crippen molar-refractivity contribution in [2.24, 2.45) is 0 Å². The number of pyridine rings is 1. The molecule has 0 saturated carbocycles. The summed E-state index contributed by atoms with van der Waals surface area (Å²) in [7, 11) is 1.61. The van der Waals surface area contributed by atoms with Crippen molar-refractivity contribution < 1.29 is 18.6 Å². The molecule has 0 bridgehead atoms. The van der Waals surface area contributed by atoms with E-state index in [9.17, 15) is 4.39 Å². The van der Waals surface area contributed by atoms with Gasteiger partial charge in [-0.15, -0.1) is 0 Å². The lowest BCUT2D eigenvalue weighted by Gasteiger charge is -2.06. The van der Waals surface area contributed by atoms with Crippen LogP contribution in [-0.2, 0) is 9.47 Å². The first-order valence-electron chi connectivity index (χ1n) is 5.24. The van der Waals surface area contributed by atoms with Gasteiger partial charge in [-0.2, -0.15) is 0 Å². The molecule has 0 saturated heterocycles. The second kappa shape index (κ2) is 8.22. The van der Waals surface area contributed by atoms with Gasteiger partial charge < -0.3 is 14.2 Å². The van der Waals surface area contributed by atoms with Gasteiger partial charge in [0.15, 0.2) is 5.82 Å². The lowest BCUT2D eigenvalue weighted by molar-refractivity contribution is 0.0639. The van der Waals surface area contributed by atoms with Crippen LogP contribution in [0.3, 0.4) is 0 Å². The summed E-state index contributed by atoms with van der Waals surface area (Å²) in [4.78, 5) is 3.74. The molecule has 0 N–H and O–H groups in total. The van der Waals surface area contributed by atoms with Gasteiger partial charge in [0.05, 0.1) is 24.8 Å². The molecule has 0 fully saturated rings. The quantitative estimate of drug-likeness (QED) is 0.675. The monoisotopic (exact) mass is 263 g/mol. The van der Waals surface area contributed by atoms with Crippen LogP contribution in [0.5, 0.6) is 5.88 Å². The number of nitrogens with zero attached hydrogens (tertiary/aromatic N) is 1. The average molecular weight is 264 g/mol. The fourth-order valence-corrected chi connectivity index (χ4v) is 1.23. The molecule has 1 aromatic rings. The largest absolute Gasteiger partial charge is 0.476 e. The van der Waals surface area contributed by atoms with E-state index in [1.807, 2.05) is 0 Å². The Hall–Kier alpha value is -0.910. The third kappa shape index (κ3) is 5.81. The third-order valence-corrected chi connectivity index (χ3v) is 2.08. The van der Waals surface area contributed by atoms with Crippen molar-refractivity contribution in [3.8, 4) is 5.88 Å². The zero-order chi connectivity index (χ0) is 12.5. The molecule has 0 aliphatic rings. The van der Waals surface area contributed by atoms with Crippen LogP contribution in [0.15, 0.2) is 12.3 Å². The van der Waals surface area contributed by atoms with E-state index in [2.05, 4.69) is 4.98 Å². The van der Waals surface area contributed by atoms with Crippen molar-refractivity contribution in [2.45, 2.75) is 6.42 Å². The summed E-state index contributed by atoms with van der Waals surface area (Å²) in [6.45, 7) is 2.00. The fourth-order valence-electron chi connectivity index (χ4n) is 1.08. The smallest absolute Gasteiger partial charge is 0.250 e. The Morgan fingerprint density at radius 1 is 1.29 bits per heavy atom. The molecular weight excluding hydrogens is 249 g/mol. The van der Waals surface area contributed by atoms with Crippen LogP contribution in [0.4, 0.5) is 4.39 Å². The Morgan fingerprint density at radius 3 is 2.82 bits per heavy atom. The minimum Gasteiger partial charge on any atom is -0.476 e. The zero-order valence-corrected chi connectivity index (χ0v) is 10.4. The van der Waals surface area contributed by atoms with E-state index < -0.39 is 5.82 Å². The van der Waals surface area contributed by atoms with Gasteiger partial charge in [-0.1, -0.05) is 11.6 Å². The molecule has 0 radical (unpaired) electrons. The summed E-state index contributed by atoms with van der Waals surface area (Å²) < 4.78 is 28.4. The first-order valence-corrected chi connectivity index (χ1v) is 5.62. The van der Waals surface area contributed by atoms with Crippen molar-refractivity contribution in [1.82, 2.24) is 4.98 Å². The molecule has 0 amide bonds. The average Bonchev–Trinajstić information content (AvgIpc) is 2.30. The molecule has 96 valence electrons. The van der Waals surface area contributed by atoms with Crippen LogP contribution in [0.25, 0.3) is 0 Å². The van der Waals surface area contributed by atoms with E-state index in [0.717, 1.165) is 0 Å². The predicted octanol–water partition coefficient (Wildman–Crippen LogP) is 2.31. The van der Waals surface area contributed by atoms with E-state index in [4.69, 9.17) is 25.8 Å². The number of hydrogen-bond donors (Lipinski definition) is 0. The standard InChI is InChI=1S/C11H15ClFNO3/c1-15-5-6-16-3-2-4-17-11-10(13)7-9(12)8-14-11/h7-8H,2-6H2,1H3. The molecule has 1 heterocycles. The molecule has 0 spiro atoms. The molecular formula is C11H15ClFNO3. The van der Waals surface area contributed by atoms with Gasteiger partial charge in [0, 0.05) is 26.3 Å². The van der Waals surface area contributed by atoms with Gasteiger partial charge in [-0.25, -0.2) is 9.37 Å². The Kier molecular flexibility index (Phi) is 6.84. The maximum absolute atomic E-state index is 13.2. The van der Waals surface area contributed by atoms with Crippen molar-refractivity contribution >= 4 is 11.6 Å². The normalized spacial score (nSPS) is 10.5. The van der Waals surface area contributed by atoms with Crippen molar-refractivity contribution in [3.63, 3.8) is 0 Å². The molecule has 0 unspecified atom stereocenters. The van der Waals surface area contributed by atoms with Gasteiger partial charge in [0.2, 0.25) is 5.88 Å². The highest BCUT2D eigenvalue weighted by molar-refractivity contribution is 6.30. The Bertz CT molecular complexity index is 338. The van der Waals surface area contributed by atoms with E-state index >= 15 is 0 Å². The van der Waals surface area contributed by atoms with Crippen molar-refractivity contribution in [3.05, 3.63) is 23.1 Å². The Balaban J connectivity index is 2.14. The zero-order valence-electron chi connectivity index (χ0n) is 9.62. The highest BCUT2D eigenvalue weighted by Gasteiger charge is 2.05. The number of halogens is 2. The minimum absolute atomic E-state index is 0.0358. The predicted molar refractivity (Wildman–Crippen MR) is 62.0 cm³/mol. The maximum Gasteiger partial charge on any atom is 0.250 e. The Morgan fingerprint density at radius 2 is 2.12 bits per heavy atom. The number of rotatable bonds is 8. The van der Waals surface area contributed by atoms with Crippen LogP contribution in [-0.4, -0.2) is 38.5 Å². The number of methoxy groups -OCH3 is 1.